The van der Waals surface area contributed by atoms with Crippen LogP contribution in [0.1, 0.15) is 34.0 Å². The molecule has 146 valence electrons. The molecule has 0 aliphatic carbocycles. The van der Waals surface area contributed by atoms with E-state index in [-0.39, 0.29) is 18.4 Å². The van der Waals surface area contributed by atoms with Gasteiger partial charge in [-0.05, 0) is 43.5 Å². The van der Waals surface area contributed by atoms with Crippen molar-refractivity contribution in [1.29, 1.82) is 0 Å². The van der Waals surface area contributed by atoms with E-state index in [1.807, 2.05) is 31.2 Å². The summed E-state index contributed by atoms with van der Waals surface area (Å²) in [4.78, 5) is 38.4. The Kier molecular flexibility index (Phi) is 6.09. The third-order valence-electron chi connectivity index (χ3n) is 4.77. The van der Waals surface area contributed by atoms with Crippen LogP contribution in [-0.4, -0.2) is 41.9 Å². The summed E-state index contributed by atoms with van der Waals surface area (Å²) in [6.45, 7) is 4.27. The number of fused-ring (bicyclic) bond motifs is 1. The summed E-state index contributed by atoms with van der Waals surface area (Å²) in [5, 5.41) is 2.52. The van der Waals surface area contributed by atoms with E-state index < -0.39 is 12.1 Å². The summed E-state index contributed by atoms with van der Waals surface area (Å²) in [6, 6.07) is 15.1. The van der Waals surface area contributed by atoms with Crippen LogP contribution >= 0.6 is 0 Å². The second-order valence-electron chi connectivity index (χ2n) is 6.96. The van der Waals surface area contributed by atoms with Crippen molar-refractivity contribution in [3.8, 4) is 0 Å². The van der Waals surface area contributed by atoms with Crippen molar-refractivity contribution in [1.82, 2.24) is 10.2 Å². The predicted molar refractivity (Wildman–Crippen MR) is 105 cm³/mol. The molecule has 6 nitrogen and oxygen atoms in total. The Labute approximate surface area is 164 Å². The Bertz CT molecular complexity index is 894. The number of rotatable bonds is 5. The molecule has 28 heavy (non-hydrogen) atoms. The van der Waals surface area contributed by atoms with Gasteiger partial charge in [0.05, 0.1) is 0 Å². The quantitative estimate of drug-likeness (QED) is 0.808. The fourth-order valence-electron chi connectivity index (χ4n) is 3.27. The number of benzene rings is 2. The van der Waals surface area contributed by atoms with Gasteiger partial charge in [-0.1, -0.05) is 42.0 Å². The van der Waals surface area contributed by atoms with Gasteiger partial charge in [-0.15, -0.1) is 0 Å². The zero-order valence-corrected chi connectivity index (χ0v) is 16.1. The van der Waals surface area contributed by atoms with Crippen molar-refractivity contribution in [2.24, 2.45) is 0 Å². The average molecular weight is 380 g/mol. The summed E-state index contributed by atoms with van der Waals surface area (Å²) in [5.74, 6) is -1.22. The van der Waals surface area contributed by atoms with Gasteiger partial charge in [0.2, 0.25) is 0 Å². The molecule has 1 aliphatic heterocycles. The lowest BCUT2D eigenvalue weighted by Crippen LogP contribution is -2.43. The molecular weight excluding hydrogens is 356 g/mol. The van der Waals surface area contributed by atoms with Crippen LogP contribution in [0.25, 0.3) is 0 Å². The van der Waals surface area contributed by atoms with Crippen LogP contribution in [0, 0.1) is 6.92 Å². The van der Waals surface area contributed by atoms with Gasteiger partial charge in [0.1, 0.15) is 6.54 Å². The first-order chi connectivity index (χ1) is 13.4. The zero-order chi connectivity index (χ0) is 20.1. The second kappa shape index (κ2) is 8.69. The highest BCUT2D eigenvalue weighted by molar-refractivity contribution is 5.96. The minimum atomic E-state index is -0.895. The van der Waals surface area contributed by atoms with Crippen LogP contribution in [0.3, 0.4) is 0 Å². The molecule has 2 aromatic carbocycles. The minimum Gasteiger partial charge on any atom is -0.451 e. The number of aryl methyl sites for hydroxylation is 1. The lowest BCUT2D eigenvalue weighted by Gasteiger charge is -2.30. The molecule has 6 heteroatoms. The van der Waals surface area contributed by atoms with Crippen LogP contribution in [0.4, 0.5) is 0 Å². The largest absolute Gasteiger partial charge is 0.451 e. The van der Waals surface area contributed by atoms with E-state index in [1.165, 1.54) is 5.56 Å². The van der Waals surface area contributed by atoms with Crippen LogP contribution in [0.5, 0.6) is 0 Å². The van der Waals surface area contributed by atoms with Crippen LogP contribution < -0.4 is 5.32 Å². The molecule has 0 unspecified atom stereocenters. The van der Waals surface area contributed by atoms with E-state index in [9.17, 15) is 14.4 Å². The Morgan fingerprint density at radius 2 is 1.86 bits per heavy atom. The summed E-state index contributed by atoms with van der Waals surface area (Å²) in [5.41, 5.74) is 3.79. The molecule has 0 fully saturated rings. The van der Waals surface area contributed by atoms with Gasteiger partial charge < -0.3 is 15.0 Å². The number of carbonyl (C=O) groups excluding carboxylic acids is 3. The summed E-state index contributed by atoms with van der Waals surface area (Å²) < 4.78 is 5.22. The molecule has 2 aromatic rings. The first kappa shape index (κ1) is 19.6. The highest BCUT2D eigenvalue weighted by atomic mass is 16.5. The number of esters is 1. The Morgan fingerprint density at radius 1 is 1.11 bits per heavy atom. The summed E-state index contributed by atoms with van der Waals surface area (Å²) >= 11 is 0. The van der Waals surface area contributed by atoms with Gasteiger partial charge in [-0.3, -0.25) is 14.4 Å². The van der Waals surface area contributed by atoms with E-state index in [2.05, 4.69) is 11.4 Å². The van der Waals surface area contributed by atoms with Gasteiger partial charge >= 0.3 is 5.97 Å². The maximum atomic E-state index is 12.6. The van der Waals surface area contributed by atoms with Gasteiger partial charge in [0.25, 0.3) is 11.8 Å². The number of carbonyl (C=O) groups is 3. The van der Waals surface area contributed by atoms with Crippen LogP contribution in [-0.2, 0) is 27.3 Å². The van der Waals surface area contributed by atoms with E-state index >= 15 is 0 Å². The fraction of sp³-hybridized carbons (Fsp3) is 0.318. The normalized spacial score (nSPS) is 14.0. The highest BCUT2D eigenvalue weighted by Gasteiger charge is 2.27. The molecule has 0 saturated carbocycles. The number of hydrogen-bond acceptors (Lipinski definition) is 4. The Balaban J connectivity index is 1.49. The molecule has 1 N–H and O–H groups in total. The lowest BCUT2D eigenvalue weighted by molar-refractivity contribution is -0.158. The zero-order valence-electron chi connectivity index (χ0n) is 16.1. The van der Waals surface area contributed by atoms with Crippen molar-refractivity contribution < 1.29 is 19.1 Å². The smallest absolute Gasteiger partial charge is 0.326 e. The van der Waals surface area contributed by atoms with Gasteiger partial charge in [-0.2, -0.15) is 0 Å². The van der Waals surface area contributed by atoms with Gasteiger partial charge in [-0.25, -0.2) is 0 Å². The Hall–Kier alpha value is -3.15. The molecule has 0 saturated heterocycles. The molecule has 0 bridgehead atoms. The maximum absolute atomic E-state index is 12.6. The van der Waals surface area contributed by atoms with E-state index in [1.54, 1.807) is 30.0 Å². The number of nitrogens with zero attached hydrogens (tertiary/aromatic N) is 1. The molecule has 1 atom stereocenters. The molecule has 1 heterocycles. The standard InChI is InChI=1S/C22H24N2O4/c1-15-6-5-9-18(12-15)21(26)23-13-20(25)28-16(2)22(27)24-11-10-17-7-3-4-8-19(17)14-24/h3-9,12,16H,10-11,13-14H2,1-2H3,(H,23,26)/t16-/m1/s1. The second-order valence-corrected chi connectivity index (χ2v) is 6.96. The summed E-state index contributed by atoms with van der Waals surface area (Å²) in [6.07, 6.45) is -0.108. The Morgan fingerprint density at radius 3 is 2.61 bits per heavy atom. The molecule has 0 radical (unpaired) electrons. The topological polar surface area (TPSA) is 75.7 Å². The number of hydrogen-bond donors (Lipinski definition) is 1. The van der Waals surface area contributed by atoms with Crippen molar-refractivity contribution in [2.75, 3.05) is 13.1 Å². The fourth-order valence-corrected chi connectivity index (χ4v) is 3.27. The van der Waals surface area contributed by atoms with Crippen LogP contribution in [0.15, 0.2) is 48.5 Å². The van der Waals surface area contributed by atoms with Crippen molar-refractivity contribution in [3.63, 3.8) is 0 Å². The van der Waals surface area contributed by atoms with E-state index in [0.717, 1.165) is 17.5 Å². The van der Waals surface area contributed by atoms with Crippen molar-refractivity contribution >= 4 is 17.8 Å². The number of amides is 2. The average Bonchev–Trinajstić information content (AvgIpc) is 2.71. The highest BCUT2D eigenvalue weighted by Crippen LogP contribution is 2.19. The lowest BCUT2D eigenvalue weighted by atomic mass is 9.99. The monoisotopic (exact) mass is 380 g/mol. The van der Waals surface area contributed by atoms with E-state index in [0.29, 0.717) is 18.7 Å². The first-order valence-corrected chi connectivity index (χ1v) is 9.34. The number of nitrogens with one attached hydrogen (secondary N) is 1. The summed E-state index contributed by atoms with van der Waals surface area (Å²) in [7, 11) is 0. The van der Waals surface area contributed by atoms with Gasteiger partial charge in [0, 0.05) is 18.7 Å². The van der Waals surface area contributed by atoms with E-state index in [4.69, 9.17) is 4.74 Å². The molecular formula is C22H24N2O4. The molecule has 1 aliphatic rings. The third kappa shape index (κ3) is 4.76. The molecule has 0 aromatic heterocycles. The first-order valence-electron chi connectivity index (χ1n) is 9.34. The molecule has 0 spiro atoms. The third-order valence-corrected chi connectivity index (χ3v) is 4.77. The SMILES string of the molecule is Cc1cccc(C(=O)NCC(=O)O[C@H](C)C(=O)N2CCc3ccccc3C2)c1. The molecule has 2 amide bonds. The van der Waals surface area contributed by atoms with Gasteiger partial charge in [0.15, 0.2) is 6.10 Å². The number of ether oxygens (including phenoxy) is 1. The van der Waals surface area contributed by atoms with Crippen molar-refractivity contribution in [2.45, 2.75) is 32.9 Å². The predicted octanol–water partition coefficient (Wildman–Crippen LogP) is 2.24. The minimum absolute atomic E-state index is 0.229. The van der Waals surface area contributed by atoms with Crippen molar-refractivity contribution in [3.05, 3.63) is 70.8 Å². The van der Waals surface area contributed by atoms with Crippen LogP contribution in [0.2, 0.25) is 0 Å². The maximum Gasteiger partial charge on any atom is 0.326 e. The molecule has 3 rings (SSSR count).